The van der Waals surface area contributed by atoms with Gasteiger partial charge in [-0.05, 0) is 54.6 Å². The van der Waals surface area contributed by atoms with Crippen LogP contribution in [0, 0.1) is 5.82 Å². The van der Waals surface area contributed by atoms with Gasteiger partial charge in [0, 0.05) is 16.6 Å². The molecule has 7 nitrogen and oxygen atoms in total. The van der Waals surface area contributed by atoms with Crippen LogP contribution in [0.15, 0.2) is 72.8 Å². The van der Waals surface area contributed by atoms with Crippen LogP contribution in [0.4, 0.5) is 10.1 Å². The SMILES string of the molecule is COc1ccc(-c2cc(C(=O)OCC(=O)Nc3ccc(F)cc3)c3ccccc3n2)cc1OC. The number of carbonyl (C=O) groups is 2. The first-order chi connectivity index (χ1) is 16.5. The third-order valence-electron chi connectivity index (χ3n) is 5.08. The predicted octanol–water partition coefficient (Wildman–Crippen LogP) is 4.85. The molecule has 1 aromatic heterocycles. The molecule has 4 rings (SSSR count). The van der Waals surface area contributed by atoms with E-state index in [2.05, 4.69) is 10.3 Å². The molecule has 34 heavy (non-hydrogen) atoms. The minimum atomic E-state index is -0.672. The number of hydrogen-bond acceptors (Lipinski definition) is 6. The molecule has 0 fully saturated rings. The number of benzene rings is 3. The zero-order chi connectivity index (χ0) is 24.1. The summed E-state index contributed by atoms with van der Waals surface area (Å²) in [6, 6.07) is 19.4. The van der Waals surface area contributed by atoms with Gasteiger partial charge in [-0.25, -0.2) is 14.2 Å². The second-order valence-electron chi connectivity index (χ2n) is 7.27. The van der Waals surface area contributed by atoms with Gasteiger partial charge in [-0.15, -0.1) is 0 Å². The molecular weight excluding hydrogens is 439 g/mol. The third kappa shape index (κ3) is 4.96. The number of nitrogens with one attached hydrogen (secondary N) is 1. The van der Waals surface area contributed by atoms with Gasteiger partial charge in [0.25, 0.3) is 5.91 Å². The number of ether oxygens (including phenoxy) is 3. The van der Waals surface area contributed by atoms with Crippen LogP contribution in [0.5, 0.6) is 11.5 Å². The number of rotatable bonds is 7. The number of hydrogen-bond donors (Lipinski definition) is 1. The van der Waals surface area contributed by atoms with Crippen LogP contribution >= 0.6 is 0 Å². The first-order valence-electron chi connectivity index (χ1n) is 10.3. The summed E-state index contributed by atoms with van der Waals surface area (Å²) < 4.78 is 29.0. The summed E-state index contributed by atoms with van der Waals surface area (Å²) >= 11 is 0. The molecule has 3 aromatic carbocycles. The number of fused-ring (bicyclic) bond motifs is 1. The molecule has 0 spiro atoms. The highest BCUT2D eigenvalue weighted by Gasteiger charge is 2.17. The first kappa shape index (κ1) is 22.7. The lowest BCUT2D eigenvalue weighted by molar-refractivity contribution is -0.119. The van der Waals surface area contributed by atoms with Crippen molar-refractivity contribution in [2.45, 2.75) is 0 Å². The summed E-state index contributed by atoms with van der Waals surface area (Å²) in [5.74, 6) is -0.539. The summed E-state index contributed by atoms with van der Waals surface area (Å²) in [5, 5.41) is 3.15. The molecule has 1 heterocycles. The second kappa shape index (κ2) is 9.99. The van der Waals surface area contributed by atoms with Crippen molar-refractivity contribution in [1.29, 1.82) is 0 Å². The van der Waals surface area contributed by atoms with E-state index in [0.717, 1.165) is 0 Å². The molecule has 1 amide bonds. The van der Waals surface area contributed by atoms with Crippen LogP contribution in [0.3, 0.4) is 0 Å². The quantitative estimate of drug-likeness (QED) is 0.397. The van der Waals surface area contributed by atoms with E-state index in [-0.39, 0.29) is 5.56 Å². The Bertz CT molecular complexity index is 1360. The smallest absolute Gasteiger partial charge is 0.339 e. The number of aromatic nitrogens is 1. The molecule has 172 valence electrons. The fraction of sp³-hybridized carbons (Fsp3) is 0.115. The lowest BCUT2D eigenvalue weighted by Crippen LogP contribution is -2.21. The molecule has 0 aliphatic carbocycles. The highest BCUT2D eigenvalue weighted by atomic mass is 19.1. The van der Waals surface area contributed by atoms with Crippen molar-refractivity contribution in [3.8, 4) is 22.8 Å². The zero-order valence-electron chi connectivity index (χ0n) is 18.5. The lowest BCUT2D eigenvalue weighted by atomic mass is 10.0. The maximum atomic E-state index is 13.0. The Morgan fingerprint density at radius 2 is 1.65 bits per heavy atom. The van der Waals surface area contributed by atoms with E-state index in [1.54, 1.807) is 43.5 Å². The minimum absolute atomic E-state index is 0.268. The number of para-hydroxylation sites is 1. The Morgan fingerprint density at radius 1 is 0.912 bits per heavy atom. The highest BCUT2D eigenvalue weighted by Crippen LogP contribution is 2.33. The Balaban J connectivity index is 1.59. The molecule has 0 aliphatic rings. The van der Waals surface area contributed by atoms with Crippen LogP contribution in [0.25, 0.3) is 22.2 Å². The van der Waals surface area contributed by atoms with Gasteiger partial charge in [0.05, 0.1) is 31.0 Å². The molecule has 0 atom stereocenters. The normalized spacial score (nSPS) is 10.6. The van der Waals surface area contributed by atoms with E-state index in [9.17, 15) is 14.0 Å². The lowest BCUT2D eigenvalue weighted by Gasteiger charge is -2.12. The number of methoxy groups -OCH3 is 2. The maximum Gasteiger partial charge on any atom is 0.339 e. The zero-order valence-corrected chi connectivity index (χ0v) is 18.5. The van der Waals surface area contributed by atoms with Crippen LogP contribution in [-0.2, 0) is 9.53 Å². The molecule has 0 bridgehead atoms. The van der Waals surface area contributed by atoms with Crippen molar-refractivity contribution in [3.05, 3.63) is 84.2 Å². The summed E-state index contributed by atoms with van der Waals surface area (Å²) in [5.41, 5.74) is 2.50. The summed E-state index contributed by atoms with van der Waals surface area (Å²) in [6.45, 7) is -0.501. The first-order valence-corrected chi connectivity index (χ1v) is 10.3. The molecule has 0 saturated heterocycles. The second-order valence-corrected chi connectivity index (χ2v) is 7.27. The van der Waals surface area contributed by atoms with Crippen LogP contribution in [-0.4, -0.2) is 37.7 Å². The molecular formula is C26H21FN2O5. The average molecular weight is 460 g/mol. The fourth-order valence-electron chi connectivity index (χ4n) is 3.43. The monoisotopic (exact) mass is 460 g/mol. The third-order valence-corrected chi connectivity index (χ3v) is 5.08. The highest BCUT2D eigenvalue weighted by molar-refractivity contribution is 6.05. The van der Waals surface area contributed by atoms with Gasteiger partial charge in [0.2, 0.25) is 0 Å². The van der Waals surface area contributed by atoms with Gasteiger partial charge in [0.15, 0.2) is 18.1 Å². The number of pyridine rings is 1. The van der Waals surface area contributed by atoms with Gasteiger partial charge >= 0.3 is 5.97 Å². The van der Waals surface area contributed by atoms with Crippen LogP contribution < -0.4 is 14.8 Å². The molecule has 1 N–H and O–H groups in total. The van der Waals surface area contributed by atoms with E-state index in [4.69, 9.17) is 14.2 Å². The van der Waals surface area contributed by atoms with Gasteiger partial charge < -0.3 is 19.5 Å². The summed E-state index contributed by atoms with van der Waals surface area (Å²) in [4.78, 5) is 29.8. The van der Waals surface area contributed by atoms with E-state index >= 15 is 0 Å². The number of carbonyl (C=O) groups excluding carboxylic acids is 2. The molecule has 0 aliphatic heterocycles. The van der Waals surface area contributed by atoms with Gasteiger partial charge in [0.1, 0.15) is 5.82 Å². The van der Waals surface area contributed by atoms with E-state index in [1.807, 2.05) is 12.1 Å². The van der Waals surface area contributed by atoms with E-state index in [0.29, 0.717) is 39.3 Å². The largest absolute Gasteiger partial charge is 0.493 e. The van der Waals surface area contributed by atoms with Crippen molar-refractivity contribution in [3.63, 3.8) is 0 Å². The summed E-state index contributed by atoms with van der Waals surface area (Å²) in [7, 11) is 3.08. The van der Waals surface area contributed by atoms with E-state index in [1.165, 1.54) is 31.4 Å². The Morgan fingerprint density at radius 3 is 2.38 bits per heavy atom. The number of amides is 1. The number of esters is 1. The van der Waals surface area contributed by atoms with Crippen LogP contribution in [0.1, 0.15) is 10.4 Å². The van der Waals surface area contributed by atoms with Crippen molar-refractivity contribution < 1.29 is 28.2 Å². The summed E-state index contributed by atoms with van der Waals surface area (Å²) in [6.07, 6.45) is 0. The maximum absolute atomic E-state index is 13.0. The van der Waals surface area contributed by atoms with Crippen molar-refractivity contribution in [2.75, 3.05) is 26.1 Å². The topological polar surface area (TPSA) is 86.8 Å². The standard InChI is InChI=1S/C26H21FN2O5/c1-32-23-12-7-16(13-24(23)33-2)22-14-20(19-5-3-4-6-21(19)29-22)26(31)34-15-25(30)28-18-10-8-17(27)9-11-18/h3-14H,15H2,1-2H3,(H,28,30). The van der Waals surface area contributed by atoms with E-state index < -0.39 is 24.3 Å². The number of anilines is 1. The molecule has 0 saturated carbocycles. The number of nitrogens with zero attached hydrogens (tertiary/aromatic N) is 1. The van der Waals surface area contributed by atoms with Crippen molar-refractivity contribution in [2.24, 2.45) is 0 Å². The van der Waals surface area contributed by atoms with Crippen molar-refractivity contribution in [1.82, 2.24) is 4.98 Å². The molecule has 0 unspecified atom stereocenters. The van der Waals surface area contributed by atoms with Gasteiger partial charge in [-0.3, -0.25) is 4.79 Å². The Hall–Kier alpha value is -4.46. The molecule has 0 radical (unpaired) electrons. The predicted molar refractivity (Wildman–Crippen MR) is 126 cm³/mol. The Labute approximate surface area is 195 Å². The Kier molecular flexibility index (Phi) is 6.68. The molecule has 8 heteroatoms. The fourth-order valence-corrected chi connectivity index (χ4v) is 3.43. The molecule has 4 aromatic rings. The van der Waals surface area contributed by atoms with Crippen molar-refractivity contribution >= 4 is 28.5 Å². The van der Waals surface area contributed by atoms with Crippen LogP contribution in [0.2, 0.25) is 0 Å². The number of halogens is 1. The minimum Gasteiger partial charge on any atom is -0.493 e. The van der Waals surface area contributed by atoms with Gasteiger partial charge in [-0.2, -0.15) is 0 Å². The average Bonchev–Trinajstić information content (AvgIpc) is 2.87. The van der Waals surface area contributed by atoms with Gasteiger partial charge in [-0.1, -0.05) is 18.2 Å².